The molecule has 2 N–H and O–H groups in total. The Bertz CT molecular complexity index is 298. The Balaban J connectivity index is 1.88. The van der Waals surface area contributed by atoms with E-state index >= 15 is 0 Å². The molecule has 0 bridgehead atoms. The van der Waals surface area contributed by atoms with Crippen LogP contribution in [0.4, 0.5) is 0 Å². The second-order valence-corrected chi connectivity index (χ2v) is 5.82. The third kappa shape index (κ3) is 2.54. The van der Waals surface area contributed by atoms with Crippen LogP contribution >= 0.6 is 0 Å². The number of rotatable bonds is 3. The van der Waals surface area contributed by atoms with Crippen molar-refractivity contribution in [3.05, 3.63) is 0 Å². The van der Waals surface area contributed by atoms with Crippen LogP contribution in [0.3, 0.4) is 0 Å². The van der Waals surface area contributed by atoms with E-state index in [1.54, 1.807) is 0 Å². The Morgan fingerprint density at radius 2 is 2.17 bits per heavy atom. The summed E-state index contributed by atoms with van der Waals surface area (Å²) in [5, 5.41) is 0. The highest BCUT2D eigenvalue weighted by Gasteiger charge is 2.45. The van der Waals surface area contributed by atoms with Gasteiger partial charge in [-0.25, -0.2) is 0 Å². The first-order chi connectivity index (χ1) is 8.59. The summed E-state index contributed by atoms with van der Waals surface area (Å²) in [7, 11) is 0. The van der Waals surface area contributed by atoms with Gasteiger partial charge in [0.15, 0.2) is 0 Å². The predicted octanol–water partition coefficient (Wildman–Crippen LogP) is 1.53. The smallest absolute Gasteiger partial charge is 0.225 e. The summed E-state index contributed by atoms with van der Waals surface area (Å²) in [6.45, 7) is 6.55. The van der Waals surface area contributed by atoms with Crippen LogP contribution in [0.5, 0.6) is 0 Å². The van der Waals surface area contributed by atoms with Crippen LogP contribution < -0.4 is 5.73 Å². The number of nitrogens with two attached hydrogens (primary N) is 1. The van der Waals surface area contributed by atoms with Crippen LogP contribution in [-0.2, 0) is 9.53 Å². The zero-order chi connectivity index (χ0) is 13.2. The van der Waals surface area contributed by atoms with Crippen LogP contribution in [0.25, 0.3) is 0 Å². The van der Waals surface area contributed by atoms with Crippen molar-refractivity contribution in [1.29, 1.82) is 0 Å². The molecule has 0 aromatic heterocycles. The number of hydrogen-bond acceptors (Lipinski definition) is 3. The molecule has 2 unspecified atom stereocenters. The standard InChI is InChI=1S/C14H26N2O2/c1-3-4-11(2)13(17)16-8-6-14(7-9-16)12(15)5-10-18-14/h11-12H,3-10,15H2,1-2H3. The topological polar surface area (TPSA) is 55.6 Å². The van der Waals surface area contributed by atoms with Crippen molar-refractivity contribution in [1.82, 2.24) is 4.90 Å². The minimum Gasteiger partial charge on any atom is -0.373 e. The molecule has 2 saturated heterocycles. The summed E-state index contributed by atoms with van der Waals surface area (Å²) in [5.74, 6) is 0.459. The van der Waals surface area contributed by atoms with Crippen molar-refractivity contribution in [2.75, 3.05) is 19.7 Å². The van der Waals surface area contributed by atoms with E-state index in [9.17, 15) is 4.79 Å². The lowest BCUT2D eigenvalue weighted by molar-refractivity contribution is -0.140. The van der Waals surface area contributed by atoms with Crippen molar-refractivity contribution in [3.8, 4) is 0 Å². The molecule has 0 saturated carbocycles. The Hall–Kier alpha value is -0.610. The number of piperidine rings is 1. The molecule has 1 amide bonds. The van der Waals surface area contributed by atoms with Crippen molar-refractivity contribution in [2.24, 2.45) is 11.7 Å². The maximum Gasteiger partial charge on any atom is 0.225 e. The minimum absolute atomic E-state index is 0.134. The fourth-order valence-corrected chi connectivity index (χ4v) is 3.25. The largest absolute Gasteiger partial charge is 0.373 e. The molecule has 1 spiro atoms. The van der Waals surface area contributed by atoms with E-state index in [1.165, 1.54) is 0 Å². The first kappa shape index (κ1) is 13.8. The maximum absolute atomic E-state index is 12.2. The first-order valence-electron chi connectivity index (χ1n) is 7.27. The molecule has 2 aliphatic heterocycles. The van der Waals surface area contributed by atoms with E-state index < -0.39 is 0 Å². The van der Waals surface area contributed by atoms with E-state index in [-0.39, 0.29) is 17.6 Å². The van der Waals surface area contributed by atoms with Crippen LogP contribution in [-0.4, -0.2) is 42.1 Å². The van der Waals surface area contributed by atoms with Gasteiger partial charge >= 0.3 is 0 Å². The molecule has 2 rings (SSSR count). The van der Waals surface area contributed by atoms with Crippen LogP contribution in [0, 0.1) is 5.92 Å². The highest BCUT2D eigenvalue weighted by molar-refractivity contribution is 5.78. The van der Waals surface area contributed by atoms with Crippen molar-refractivity contribution < 1.29 is 9.53 Å². The zero-order valence-corrected chi connectivity index (χ0v) is 11.7. The number of hydrogen-bond donors (Lipinski definition) is 1. The van der Waals surface area contributed by atoms with Gasteiger partial charge in [0.05, 0.1) is 5.60 Å². The Morgan fingerprint density at radius 1 is 1.50 bits per heavy atom. The molecule has 18 heavy (non-hydrogen) atoms. The average molecular weight is 254 g/mol. The van der Waals surface area contributed by atoms with Gasteiger partial charge in [-0.15, -0.1) is 0 Å². The van der Waals surface area contributed by atoms with Gasteiger partial charge in [-0.05, 0) is 25.7 Å². The van der Waals surface area contributed by atoms with Gasteiger partial charge in [-0.3, -0.25) is 4.79 Å². The minimum atomic E-state index is -0.134. The molecule has 0 radical (unpaired) electrons. The van der Waals surface area contributed by atoms with Gasteiger partial charge in [-0.1, -0.05) is 20.3 Å². The van der Waals surface area contributed by atoms with Crippen LogP contribution in [0.1, 0.15) is 46.0 Å². The third-order valence-corrected chi connectivity index (χ3v) is 4.56. The average Bonchev–Trinajstić information content (AvgIpc) is 2.71. The maximum atomic E-state index is 12.2. The van der Waals surface area contributed by atoms with Gasteiger partial charge in [0, 0.05) is 31.7 Å². The summed E-state index contributed by atoms with van der Waals surface area (Å²) in [6.07, 6.45) is 4.81. The van der Waals surface area contributed by atoms with Gasteiger partial charge in [0.25, 0.3) is 0 Å². The summed E-state index contributed by atoms with van der Waals surface area (Å²) < 4.78 is 5.87. The number of likely N-dealkylation sites (tertiary alicyclic amines) is 1. The predicted molar refractivity (Wildman–Crippen MR) is 71.2 cm³/mol. The van der Waals surface area contributed by atoms with Gasteiger partial charge in [-0.2, -0.15) is 0 Å². The van der Waals surface area contributed by atoms with E-state index in [1.807, 2.05) is 11.8 Å². The summed E-state index contributed by atoms with van der Waals surface area (Å²) >= 11 is 0. The first-order valence-corrected chi connectivity index (χ1v) is 7.27. The molecule has 4 nitrogen and oxygen atoms in total. The summed E-state index contributed by atoms with van der Waals surface area (Å²) in [5.41, 5.74) is 6.01. The normalized spacial score (nSPS) is 28.6. The lowest BCUT2D eigenvalue weighted by Crippen LogP contribution is -2.54. The van der Waals surface area contributed by atoms with Crippen molar-refractivity contribution >= 4 is 5.91 Å². The second-order valence-electron chi connectivity index (χ2n) is 5.82. The molecule has 104 valence electrons. The molecule has 2 heterocycles. The van der Waals surface area contributed by atoms with Crippen LogP contribution in [0.2, 0.25) is 0 Å². The Labute approximate surface area is 110 Å². The highest BCUT2D eigenvalue weighted by atomic mass is 16.5. The lowest BCUT2D eigenvalue weighted by atomic mass is 9.84. The number of nitrogens with zero attached hydrogens (tertiary/aromatic N) is 1. The molecule has 2 fully saturated rings. The molecular formula is C14H26N2O2. The monoisotopic (exact) mass is 254 g/mol. The van der Waals surface area contributed by atoms with Crippen molar-refractivity contribution in [2.45, 2.75) is 57.6 Å². The molecule has 0 aromatic rings. The molecule has 2 aliphatic rings. The zero-order valence-electron chi connectivity index (χ0n) is 11.7. The van der Waals surface area contributed by atoms with Crippen molar-refractivity contribution in [3.63, 3.8) is 0 Å². The summed E-state index contributed by atoms with van der Waals surface area (Å²) in [4.78, 5) is 14.2. The Morgan fingerprint density at radius 3 is 2.67 bits per heavy atom. The molecule has 2 atom stereocenters. The quantitative estimate of drug-likeness (QED) is 0.831. The lowest BCUT2D eigenvalue weighted by Gasteiger charge is -2.41. The third-order valence-electron chi connectivity index (χ3n) is 4.56. The molecule has 4 heteroatoms. The Kier molecular flexibility index (Phi) is 4.28. The van der Waals surface area contributed by atoms with E-state index in [2.05, 4.69) is 6.92 Å². The van der Waals surface area contributed by atoms with E-state index in [4.69, 9.17) is 10.5 Å². The number of amides is 1. The SMILES string of the molecule is CCCC(C)C(=O)N1CCC2(CC1)OCCC2N. The molecular weight excluding hydrogens is 228 g/mol. The number of ether oxygens (including phenoxy) is 1. The second kappa shape index (κ2) is 5.57. The highest BCUT2D eigenvalue weighted by Crippen LogP contribution is 2.35. The summed E-state index contributed by atoms with van der Waals surface area (Å²) in [6, 6.07) is 0.155. The number of carbonyl (C=O) groups is 1. The fourth-order valence-electron chi connectivity index (χ4n) is 3.25. The molecule has 0 aromatic carbocycles. The fraction of sp³-hybridized carbons (Fsp3) is 0.929. The van der Waals surface area contributed by atoms with Gasteiger partial charge < -0.3 is 15.4 Å². The van der Waals surface area contributed by atoms with E-state index in [0.29, 0.717) is 5.91 Å². The van der Waals surface area contributed by atoms with Crippen LogP contribution in [0.15, 0.2) is 0 Å². The van der Waals surface area contributed by atoms with Gasteiger partial charge in [0.1, 0.15) is 0 Å². The van der Waals surface area contributed by atoms with Gasteiger partial charge in [0.2, 0.25) is 5.91 Å². The molecule has 0 aliphatic carbocycles. The van der Waals surface area contributed by atoms with E-state index in [0.717, 1.165) is 51.8 Å². The number of carbonyl (C=O) groups excluding carboxylic acids is 1.